The molecule has 5 N–H and O–H groups in total. The van der Waals surface area contributed by atoms with Gasteiger partial charge in [-0.3, -0.25) is 9.59 Å². The van der Waals surface area contributed by atoms with E-state index in [0.29, 0.717) is 0 Å². The molecule has 1 rings (SSSR count). The Balaban J connectivity index is 2.60. The molecule has 3 amide bonds. The topological polar surface area (TPSA) is 155 Å². The molecule has 1 aromatic carbocycles. The number of benzene rings is 1. The van der Waals surface area contributed by atoms with Crippen LogP contribution in [0.25, 0.3) is 0 Å². The zero-order valence-corrected chi connectivity index (χ0v) is 14.3. The molecule has 1 aromatic rings. The van der Waals surface area contributed by atoms with Crippen LogP contribution < -0.4 is 16.4 Å². The predicted molar refractivity (Wildman–Crippen MR) is 91.2 cm³/mol. The maximum atomic E-state index is 12.2. The average Bonchev–Trinajstić information content (AvgIpc) is 2.62. The highest BCUT2D eigenvalue weighted by Gasteiger charge is 2.29. The molecule has 0 radical (unpaired) electrons. The van der Waals surface area contributed by atoms with Crippen LogP contribution in [0.15, 0.2) is 30.3 Å². The average molecular weight is 362 g/mol. The first-order valence-electron chi connectivity index (χ1n) is 7.93. The van der Waals surface area contributed by atoms with E-state index in [0.717, 1.165) is 5.56 Å². The molecule has 0 unspecified atom stereocenters. The quantitative estimate of drug-likeness (QED) is 0.476. The van der Waals surface area contributed by atoms with Crippen molar-refractivity contribution in [3.05, 3.63) is 35.9 Å². The number of ether oxygens (including phenoxy) is 1. The van der Waals surface area contributed by atoms with Gasteiger partial charge in [0.1, 0.15) is 18.7 Å². The molecule has 0 aliphatic heterocycles. The van der Waals surface area contributed by atoms with E-state index in [9.17, 15) is 19.5 Å². The zero-order chi connectivity index (χ0) is 19.5. The third-order valence-electron chi connectivity index (χ3n) is 3.59. The Morgan fingerprint density at radius 3 is 2.46 bits per heavy atom. The Labute approximate surface area is 151 Å². The number of primary amides is 1. The van der Waals surface area contributed by atoms with Gasteiger partial charge in [-0.1, -0.05) is 37.3 Å². The number of carbonyl (C=O) groups excluding carboxylic acids is 3. The highest BCUT2D eigenvalue weighted by Crippen LogP contribution is 2.07. The van der Waals surface area contributed by atoms with Crippen molar-refractivity contribution >= 4 is 17.9 Å². The number of nitriles is 1. The number of alkyl carbamates (subject to hydrolysis) is 1. The number of nitrogens with two attached hydrogens (primary N) is 1. The second-order valence-electron chi connectivity index (χ2n) is 5.67. The predicted octanol–water partition coefficient (Wildman–Crippen LogP) is -0.206. The van der Waals surface area contributed by atoms with E-state index in [1.165, 1.54) is 0 Å². The van der Waals surface area contributed by atoms with Gasteiger partial charge in [-0.15, -0.1) is 0 Å². The Morgan fingerprint density at radius 1 is 1.27 bits per heavy atom. The fourth-order valence-corrected chi connectivity index (χ4v) is 2.11. The summed E-state index contributed by atoms with van der Waals surface area (Å²) < 4.78 is 4.97. The fraction of sp³-hybridized carbons (Fsp3) is 0.412. The number of aliphatic hydroxyl groups is 1. The first kappa shape index (κ1) is 20.9. The summed E-state index contributed by atoms with van der Waals surface area (Å²) in [5, 5.41) is 22.6. The van der Waals surface area contributed by atoms with Gasteiger partial charge < -0.3 is 26.2 Å². The number of nitrogens with one attached hydrogen (secondary N) is 2. The molecule has 9 heteroatoms. The maximum absolute atomic E-state index is 12.2. The van der Waals surface area contributed by atoms with E-state index in [-0.39, 0.29) is 13.0 Å². The molecular weight excluding hydrogens is 340 g/mol. The van der Waals surface area contributed by atoms with E-state index in [1.807, 2.05) is 12.1 Å². The lowest BCUT2D eigenvalue weighted by molar-refractivity contribution is -0.130. The van der Waals surface area contributed by atoms with Gasteiger partial charge in [0.2, 0.25) is 11.8 Å². The number of hydrogen-bond acceptors (Lipinski definition) is 6. The molecule has 0 aromatic heterocycles. The molecule has 140 valence electrons. The molecule has 9 nitrogen and oxygen atoms in total. The van der Waals surface area contributed by atoms with Crippen LogP contribution in [0.3, 0.4) is 0 Å². The summed E-state index contributed by atoms with van der Waals surface area (Å²) in [5.41, 5.74) is 5.99. The van der Waals surface area contributed by atoms with Crippen LogP contribution in [0.5, 0.6) is 0 Å². The second kappa shape index (κ2) is 10.7. The van der Waals surface area contributed by atoms with Gasteiger partial charge >= 0.3 is 6.09 Å². The third kappa shape index (κ3) is 6.78. The minimum Gasteiger partial charge on any atom is -0.445 e. The Morgan fingerprint density at radius 2 is 1.92 bits per heavy atom. The van der Waals surface area contributed by atoms with Crippen LogP contribution in [0.4, 0.5) is 4.79 Å². The van der Waals surface area contributed by atoms with Crippen LogP contribution >= 0.6 is 0 Å². The first-order chi connectivity index (χ1) is 12.4. The molecule has 0 heterocycles. The van der Waals surface area contributed by atoms with Gasteiger partial charge in [0.25, 0.3) is 0 Å². The number of carbonyl (C=O) groups is 3. The van der Waals surface area contributed by atoms with Gasteiger partial charge in [0, 0.05) is 6.42 Å². The van der Waals surface area contributed by atoms with E-state index in [1.54, 1.807) is 31.2 Å². The number of aliphatic hydroxyl groups excluding tert-OH is 1. The molecule has 0 fully saturated rings. The third-order valence-corrected chi connectivity index (χ3v) is 3.59. The maximum Gasteiger partial charge on any atom is 0.408 e. The molecule has 0 bridgehead atoms. The number of rotatable bonds is 9. The Hall–Kier alpha value is -3.12. The highest BCUT2D eigenvalue weighted by molar-refractivity contribution is 5.90. The second-order valence-corrected chi connectivity index (χ2v) is 5.67. The van der Waals surface area contributed by atoms with Gasteiger partial charge in [0.15, 0.2) is 0 Å². The smallest absolute Gasteiger partial charge is 0.408 e. The van der Waals surface area contributed by atoms with Crippen molar-refractivity contribution in [2.75, 3.05) is 6.61 Å². The molecule has 0 saturated heterocycles. The van der Waals surface area contributed by atoms with Crippen LogP contribution in [0, 0.1) is 17.2 Å². The van der Waals surface area contributed by atoms with Gasteiger partial charge in [-0.2, -0.15) is 5.26 Å². The van der Waals surface area contributed by atoms with Crippen LogP contribution in [0.2, 0.25) is 0 Å². The van der Waals surface area contributed by atoms with Crippen molar-refractivity contribution in [3.8, 4) is 6.07 Å². The van der Waals surface area contributed by atoms with Gasteiger partial charge in [0.05, 0.1) is 12.7 Å². The number of amides is 3. The minimum atomic E-state index is -1.32. The van der Waals surface area contributed by atoms with Crippen molar-refractivity contribution < 1.29 is 24.2 Å². The Bertz CT molecular complexity index is 659. The summed E-state index contributed by atoms with van der Waals surface area (Å²) in [5.74, 6) is -2.15. The normalized spacial score (nSPS) is 13.6. The first-order valence-corrected chi connectivity index (χ1v) is 7.93. The molecule has 0 aliphatic carbocycles. The lowest BCUT2D eigenvalue weighted by Crippen LogP contribution is -2.56. The van der Waals surface area contributed by atoms with Crippen molar-refractivity contribution in [3.63, 3.8) is 0 Å². The zero-order valence-electron chi connectivity index (χ0n) is 14.3. The summed E-state index contributed by atoms with van der Waals surface area (Å²) in [4.78, 5) is 35.4. The van der Waals surface area contributed by atoms with Gasteiger partial charge in [-0.05, 0) is 11.5 Å². The summed E-state index contributed by atoms with van der Waals surface area (Å²) in [6.45, 7) is 0.869. The van der Waals surface area contributed by atoms with E-state index >= 15 is 0 Å². The number of nitrogens with zero attached hydrogens (tertiary/aromatic N) is 1. The highest BCUT2D eigenvalue weighted by atomic mass is 16.5. The van der Waals surface area contributed by atoms with Crippen molar-refractivity contribution in [1.29, 1.82) is 5.26 Å². The molecular formula is C17H22N4O5. The minimum absolute atomic E-state index is 0.00419. The lowest BCUT2D eigenvalue weighted by Gasteiger charge is -2.23. The van der Waals surface area contributed by atoms with Gasteiger partial charge in [-0.25, -0.2) is 4.79 Å². The van der Waals surface area contributed by atoms with Crippen molar-refractivity contribution in [2.45, 2.75) is 32.0 Å². The molecule has 0 aliphatic rings. The van der Waals surface area contributed by atoms with E-state index in [2.05, 4.69) is 10.6 Å². The van der Waals surface area contributed by atoms with Crippen LogP contribution in [0.1, 0.15) is 18.9 Å². The molecule has 3 atom stereocenters. The summed E-state index contributed by atoms with van der Waals surface area (Å²) >= 11 is 0. The van der Waals surface area contributed by atoms with Crippen molar-refractivity contribution in [1.82, 2.24) is 10.6 Å². The molecule has 0 spiro atoms. The number of hydrogen-bond donors (Lipinski definition) is 4. The Kier molecular flexibility index (Phi) is 8.60. The summed E-state index contributed by atoms with van der Waals surface area (Å²) in [6, 6.07) is 8.37. The van der Waals surface area contributed by atoms with E-state index in [4.69, 9.17) is 15.7 Å². The SMILES string of the molecule is C[C@H](CC#N)[C@@H](NC(=O)[C@H](CO)NC(=O)OCc1ccccc1)C(N)=O. The fourth-order valence-electron chi connectivity index (χ4n) is 2.11. The van der Waals surface area contributed by atoms with E-state index < -0.39 is 42.5 Å². The largest absolute Gasteiger partial charge is 0.445 e. The summed E-state index contributed by atoms with van der Waals surface area (Å²) in [7, 11) is 0. The molecule has 0 saturated carbocycles. The summed E-state index contributed by atoms with van der Waals surface area (Å²) in [6.07, 6.45) is -0.895. The monoisotopic (exact) mass is 362 g/mol. The standard InChI is InChI=1S/C17H22N4O5/c1-11(7-8-18)14(15(19)23)21-16(24)13(9-22)20-17(25)26-10-12-5-3-2-4-6-12/h2-6,11,13-14,22H,7,9-10H2,1H3,(H2,19,23)(H,20,25)(H,21,24)/t11-,13+,14-/m1/s1. The van der Waals surface area contributed by atoms with Crippen LogP contribution in [-0.2, 0) is 20.9 Å². The molecule has 26 heavy (non-hydrogen) atoms. The van der Waals surface area contributed by atoms with Crippen LogP contribution in [-0.4, -0.2) is 41.7 Å². The van der Waals surface area contributed by atoms with Crippen molar-refractivity contribution in [2.24, 2.45) is 11.7 Å². The lowest BCUT2D eigenvalue weighted by atomic mass is 9.98.